The third kappa shape index (κ3) is 7.91. The number of aromatic nitrogens is 2. The van der Waals surface area contributed by atoms with Gasteiger partial charge in [0.1, 0.15) is 18.9 Å². The van der Waals surface area contributed by atoms with Crippen molar-refractivity contribution in [1.82, 2.24) is 4.57 Å². The second kappa shape index (κ2) is 10.4. The van der Waals surface area contributed by atoms with Crippen molar-refractivity contribution in [2.45, 2.75) is 38.8 Å². The van der Waals surface area contributed by atoms with E-state index in [4.69, 9.17) is 14.6 Å². The summed E-state index contributed by atoms with van der Waals surface area (Å²) >= 11 is 0. The number of aryl methyl sites for hydroxylation is 1. The zero-order valence-corrected chi connectivity index (χ0v) is 12.2. The smallest absolute Gasteiger partial charge is 0.303 e. The Hall–Kier alpha value is -1.40. The van der Waals surface area contributed by atoms with Crippen LogP contribution in [0, 0.1) is 0 Å². The van der Waals surface area contributed by atoms with Crippen LogP contribution in [-0.4, -0.2) is 42.6 Å². The normalized spacial score (nSPS) is 10.8. The van der Waals surface area contributed by atoms with E-state index < -0.39 is 5.97 Å². The fraction of sp³-hybridized carbons (Fsp3) is 0.714. The summed E-state index contributed by atoms with van der Waals surface area (Å²) < 4.78 is 14.5. The molecule has 0 spiro atoms. The van der Waals surface area contributed by atoms with Gasteiger partial charge in [0.25, 0.3) is 0 Å². The Bertz CT molecular complexity index is 379. The molecule has 6 nitrogen and oxygen atoms in total. The zero-order valence-electron chi connectivity index (χ0n) is 12.2. The van der Waals surface area contributed by atoms with E-state index in [-0.39, 0.29) is 6.42 Å². The Balaban J connectivity index is 2.08. The maximum absolute atomic E-state index is 10.4. The van der Waals surface area contributed by atoms with Crippen LogP contribution in [0.5, 0.6) is 0 Å². The quantitative estimate of drug-likeness (QED) is 0.461. The Morgan fingerprint density at radius 3 is 2.85 bits per heavy atom. The van der Waals surface area contributed by atoms with Crippen molar-refractivity contribution in [2.75, 3.05) is 26.9 Å². The summed E-state index contributed by atoms with van der Waals surface area (Å²) in [5.74, 6) is -0.711. The van der Waals surface area contributed by atoms with E-state index in [1.54, 1.807) is 7.11 Å². The Morgan fingerprint density at radius 1 is 1.25 bits per heavy atom. The maximum atomic E-state index is 10.4. The Labute approximate surface area is 119 Å². The van der Waals surface area contributed by atoms with Gasteiger partial charge in [-0.15, -0.1) is 0 Å². The lowest BCUT2D eigenvalue weighted by Gasteiger charge is -2.01. The molecular weight excluding hydrogens is 260 g/mol. The molecule has 0 aliphatic carbocycles. The van der Waals surface area contributed by atoms with Crippen molar-refractivity contribution >= 4 is 5.97 Å². The SMILES string of the molecule is COCCOCCn1cc[n+](CCCCCC(=O)O)c1. The lowest BCUT2D eigenvalue weighted by Crippen LogP contribution is -2.31. The summed E-state index contributed by atoms with van der Waals surface area (Å²) in [5, 5.41) is 8.54. The van der Waals surface area contributed by atoms with Crippen molar-refractivity contribution in [3.63, 3.8) is 0 Å². The predicted octanol–water partition coefficient (Wildman–Crippen LogP) is 1.08. The van der Waals surface area contributed by atoms with E-state index in [9.17, 15) is 4.79 Å². The van der Waals surface area contributed by atoms with Gasteiger partial charge in [0, 0.05) is 13.5 Å². The molecule has 0 radical (unpaired) electrons. The minimum absolute atomic E-state index is 0.268. The lowest BCUT2D eigenvalue weighted by atomic mass is 10.2. The summed E-state index contributed by atoms with van der Waals surface area (Å²) in [6.07, 6.45) is 9.09. The number of hydrogen-bond acceptors (Lipinski definition) is 3. The lowest BCUT2D eigenvalue weighted by molar-refractivity contribution is -0.696. The van der Waals surface area contributed by atoms with Crippen LogP contribution >= 0.6 is 0 Å². The van der Waals surface area contributed by atoms with Gasteiger partial charge in [-0.3, -0.25) is 4.79 Å². The maximum Gasteiger partial charge on any atom is 0.303 e. The van der Waals surface area contributed by atoms with Gasteiger partial charge >= 0.3 is 5.97 Å². The molecule has 0 aromatic carbocycles. The minimum Gasteiger partial charge on any atom is -0.481 e. The van der Waals surface area contributed by atoms with Gasteiger partial charge in [-0.2, -0.15) is 0 Å². The topological polar surface area (TPSA) is 64.6 Å². The van der Waals surface area contributed by atoms with E-state index in [1.807, 2.05) is 12.4 Å². The molecule has 114 valence electrons. The third-order valence-corrected chi connectivity index (χ3v) is 2.98. The molecule has 0 aliphatic rings. The first-order valence-corrected chi connectivity index (χ1v) is 7.05. The number of carboxylic acid groups (broad SMARTS) is 1. The molecule has 0 bridgehead atoms. The predicted molar refractivity (Wildman–Crippen MR) is 73.4 cm³/mol. The molecule has 1 aromatic heterocycles. The summed E-state index contributed by atoms with van der Waals surface area (Å²) in [7, 11) is 1.66. The van der Waals surface area contributed by atoms with E-state index in [0.717, 1.165) is 32.4 Å². The largest absolute Gasteiger partial charge is 0.481 e. The number of unbranched alkanes of at least 4 members (excludes halogenated alkanes) is 2. The van der Waals surface area contributed by atoms with Crippen LogP contribution in [-0.2, 0) is 27.4 Å². The van der Waals surface area contributed by atoms with Crippen LogP contribution in [0.1, 0.15) is 25.7 Å². The molecule has 6 heteroatoms. The molecule has 0 fully saturated rings. The average Bonchev–Trinajstić information content (AvgIpc) is 2.86. The van der Waals surface area contributed by atoms with Gasteiger partial charge in [0.2, 0.25) is 6.33 Å². The van der Waals surface area contributed by atoms with Crippen LogP contribution in [0.2, 0.25) is 0 Å². The molecule has 0 atom stereocenters. The molecular formula is C14H25N2O4+. The van der Waals surface area contributed by atoms with Gasteiger partial charge < -0.3 is 14.6 Å². The highest BCUT2D eigenvalue weighted by Crippen LogP contribution is 1.99. The van der Waals surface area contributed by atoms with Crippen LogP contribution in [0.15, 0.2) is 18.7 Å². The van der Waals surface area contributed by atoms with Crippen molar-refractivity contribution < 1.29 is 23.9 Å². The molecule has 0 aliphatic heterocycles. The van der Waals surface area contributed by atoms with Crippen LogP contribution in [0.4, 0.5) is 0 Å². The Kier molecular flexibility index (Phi) is 8.66. The number of carboxylic acids is 1. The Morgan fingerprint density at radius 2 is 2.10 bits per heavy atom. The van der Waals surface area contributed by atoms with Gasteiger partial charge in [-0.1, -0.05) is 0 Å². The highest BCUT2D eigenvalue weighted by Gasteiger charge is 2.04. The summed E-state index contributed by atoms with van der Waals surface area (Å²) in [6.45, 7) is 3.69. The summed E-state index contributed by atoms with van der Waals surface area (Å²) in [6, 6.07) is 0. The fourth-order valence-corrected chi connectivity index (χ4v) is 1.86. The van der Waals surface area contributed by atoms with Gasteiger partial charge in [-0.05, 0) is 19.3 Å². The summed E-state index contributed by atoms with van der Waals surface area (Å²) in [4.78, 5) is 10.4. The van der Waals surface area contributed by atoms with Crippen LogP contribution < -0.4 is 4.57 Å². The second-order valence-electron chi connectivity index (χ2n) is 4.70. The third-order valence-electron chi connectivity index (χ3n) is 2.98. The summed E-state index contributed by atoms with van der Waals surface area (Å²) in [5.41, 5.74) is 0. The minimum atomic E-state index is -0.711. The highest BCUT2D eigenvalue weighted by atomic mass is 16.5. The number of ether oxygens (including phenoxy) is 2. The van der Waals surface area contributed by atoms with Crippen LogP contribution in [0.3, 0.4) is 0 Å². The van der Waals surface area contributed by atoms with E-state index in [1.165, 1.54) is 0 Å². The standard InChI is InChI=1S/C14H24N2O4/c1-19-11-12-20-10-9-16-8-7-15(13-16)6-4-2-3-5-14(17)18/h7-8,13H,2-6,9-12H2,1H3/p+1. The monoisotopic (exact) mass is 285 g/mol. The number of aliphatic carboxylic acids is 1. The number of methoxy groups -OCH3 is 1. The molecule has 1 N–H and O–H groups in total. The van der Waals surface area contributed by atoms with E-state index in [2.05, 4.69) is 15.5 Å². The molecule has 0 saturated carbocycles. The molecule has 0 amide bonds. The first-order valence-electron chi connectivity index (χ1n) is 7.05. The number of imidazole rings is 1. The molecule has 1 aromatic rings. The van der Waals surface area contributed by atoms with Crippen molar-refractivity contribution in [1.29, 1.82) is 0 Å². The first-order chi connectivity index (χ1) is 9.72. The number of hydrogen-bond donors (Lipinski definition) is 1. The molecule has 1 rings (SSSR count). The van der Waals surface area contributed by atoms with E-state index >= 15 is 0 Å². The highest BCUT2D eigenvalue weighted by molar-refractivity contribution is 5.66. The van der Waals surface area contributed by atoms with Crippen molar-refractivity contribution in [2.24, 2.45) is 0 Å². The second-order valence-corrected chi connectivity index (χ2v) is 4.70. The first kappa shape index (κ1) is 16.7. The molecule has 1 heterocycles. The van der Waals surface area contributed by atoms with Gasteiger partial charge in [0.05, 0.1) is 26.4 Å². The van der Waals surface area contributed by atoms with E-state index in [0.29, 0.717) is 19.8 Å². The molecule has 0 unspecified atom stereocenters. The molecule has 20 heavy (non-hydrogen) atoms. The molecule has 0 saturated heterocycles. The number of carbonyl (C=O) groups is 1. The van der Waals surface area contributed by atoms with Crippen molar-refractivity contribution in [3.05, 3.63) is 18.7 Å². The number of rotatable bonds is 12. The van der Waals surface area contributed by atoms with Gasteiger partial charge in [-0.25, -0.2) is 9.13 Å². The van der Waals surface area contributed by atoms with Crippen molar-refractivity contribution in [3.8, 4) is 0 Å². The number of nitrogens with zero attached hydrogens (tertiary/aromatic N) is 2. The van der Waals surface area contributed by atoms with Crippen LogP contribution in [0.25, 0.3) is 0 Å². The average molecular weight is 285 g/mol. The zero-order chi connectivity index (χ0) is 14.6. The van der Waals surface area contributed by atoms with Gasteiger partial charge in [0.15, 0.2) is 0 Å². The fourth-order valence-electron chi connectivity index (χ4n) is 1.86.